The van der Waals surface area contributed by atoms with E-state index in [-0.39, 0.29) is 5.92 Å². The Hall–Kier alpha value is -3.68. The summed E-state index contributed by atoms with van der Waals surface area (Å²) in [6.45, 7) is 3.70. The monoisotopic (exact) mass is 414 g/mol. The number of hydrogen-bond donors (Lipinski definition) is 0. The Morgan fingerprint density at radius 2 is 1.87 bits per heavy atom. The van der Waals surface area contributed by atoms with Crippen molar-refractivity contribution in [1.29, 1.82) is 0 Å². The van der Waals surface area contributed by atoms with Gasteiger partial charge in [0.15, 0.2) is 5.58 Å². The average molecular weight is 414 g/mol. The van der Waals surface area contributed by atoms with E-state index < -0.39 is 0 Å². The van der Waals surface area contributed by atoms with Crippen LogP contribution in [0.5, 0.6) is 0 Å². The second-order valence-electron chi connectivity index (χ2n) is 8.12. The standard InChI is InChI=1S/C23H22N6O2/c1-14-17-8-7-16(13-19(17)28(2)26-14)21-25-22(31-27-21)15-9-11-29(12-10-15)23-24-18-5-3-4-6-20(18)30-23/h3-8,13,15H,9-12H2,1-2H3. The Balaban J connectivity index is 1.19. The van der Waals surface area contributed by atoms with Gasteiger partial charge in [-0.2, -0.15) is 15.1 Å². The van der Waals surface area contributed by atoms with Crippen LogP contribution in [-0.2, 0) is 7.05 Å². The number of fused-ring (bicyclic) bond motifs is 2. The van der Waals surface area contributed by atoms with Crippen LogP contribution in [0.1, 0.15) is 30.3 Å². The van der Waals surface area contributed by atoms with Gasteiger partial charge in [0.25, 0.3) is 6.01 Å². The van der Waals surface area contributed by atoms with E-state index in [0.717, 1.165) is 59.2 Å². The van der Waals surface area contributed by atoms with Gasteiger partial charge < -0.3 is 13.8 Å². The van der Waals surface area contributed by atoms with Crippen molar-refractivity contribution in [2.45, 2.75) is 25.7 Å². The molecule has 0 saturated carbocycles. The highest BCUT2D eigenvalue weighted by molar-refractivity contribution is 5.85. The maximum atomic E-state index is 5.91. The van der Waals surface area contributed by atoms with E-state index in [2.05, 4.69) is 32.3 Å². The number of aryl methyl sites for hydroxylation is 2. The first-order valence-electron chi connectivity index (χ1n) is 10.5. The van der Waals surface area contributed by atoms with Crippen LogP contribution < -0.4 is 4.90 Å². The molecule has 2 aromatic carbocycles. The highest BCUT2D eigenvalue weighted by atomic mass is 16.5. The predicted molar refractivity (Wildman–Crippen MR) is 117 cm³/mol. The quantitative estimate of drug-likeness (QED) is 0.431. The highest BCUT2D eigenvalue weighted by Crippen LogP contribution is 2.32. The zero-order chi connectivity index (χ0) is 20.9. The van der Waals surface area contributed by atoms with E-state index in [1.54, 1.807) is 0 Å². The van der Waals surface area contributed by atoms with Crippen molar-refractivity contribution < 1.29 is 8.94 Å². The van der Waals surface area contributed by atoms with Crippen LogP contribution in [-0.4, -0.2) is 38.0 Å². The number of oxazole rings is 1. The lowest BCUT2D eigenvalue weighted by Crippen LogP contribution is -2.33. The maximum absolute atomic E-state index is 5.91. The van der Waals surface area contributed by atoms with Gasteiger partial charge in [0.2, 0.25) is 11.7 Å². The van der Waals surface area contributed by atoms with E-state index in [1.807, 2.05) is 49.0 Å². The van der Waals surface area contributed by atoms with Crippen LogP contribution in [0, 0.1) is 6.92 Å². The molecule has 5 aromatic rings. The van der Waals surface area contributed by atoms with Gasteiger partial charge in [0.1, 0.15) is 5.52 Å². The molecule has 0 aliphatic carbocycles. The first kappa shape index (κ1) is 18.1. The molecule has 0 atom stereocenters. The van der Waals surface area contributed by atoms with Crippen LogP contribution in [0.15, 0.2) is 51.4 Å². The van der Waals surface area contributed by atoms with Crippen LogP contribution in [0.25, 0.3) is 33.4 Å². The molecule has 6 rings (SSSR count). The van der Waals surface area contributed by atoms with Crippen molar-refractivity contribution >= 4 is 28.0 Å². The van der Waals surface area contributed by atoms with Gasteiger partial charge in [-0.1, -0.05) is 29.4 Å². The van der Waals surface area contributed by atoms with Crippen LogP contribution in [0.4, 0.5) is 6.01 Å². The molecule has 4 heterocycles. The minimum atomic E-state index is 0.240. The fraction of sp³-hybridized carbons (Fsp3) is 0.304. The molecular weight excluding hydrogens is 392 g/mol. The van der Waals surface area contributed by atoms with Crippen molar-refractivity contribution in [1.82, 2.24) is 24.9 Å². The Morgan fingerprint density at radius 3 is 2.71 bits per heavy atom. The van der Waals surface area contributed by atoms with Crippen molar-refractivity contribution in [2.24, 2.45) is 7.05 Å². The second kappa shape index (κ2) is 6.94. The number of hydrogen-bond acceptors (Lipinski definition) is 7. The number of aromatic nitrogens is 5. The van der Waals surface area contributed by atoms with Crippen molar-refractivity contribution in [3.63, 3.8) is 0 Å². The van der Waals surface area contributed by atoms with Crippen LogP contribution in [0.3, 0.4) is 0 Å². The third-order valence-corrected chi connectivity index (χ3v) is 6.13. The molecule has 0 unspecified atom stereocenters. The Labute approximate surface area is 178 Å². The van der Waals surface area contributed by atoms with Crippen LogP contribution in [0.2, 0.25) is 0 Å². The van der Waals surface area contributed by atoms with Crippen molar-refractivity contribution in [3.05, 3.63) is 54.0 Å². The van der Waals surface area contributed by atoms with Gasteiger partial charge in [-0.3, -0.25) is 4.68 Å². The number of anilines is 1. The first-order valence-corrected chi connectivity index (χ1v) is 10.5. The summed E-state index contributed by atoms with van der Waals surface area (Å²) in [4.78, 5) is 11.5. The predicted octanol–water partition coefficient (Wildman–Crippen LogP) is 4.46. The van der Waals surface area contributed by atoms with Crippen molar-refractivity contribution in [2.75, 3.05) is 18.0 Å². The lowest BCUT2D eigenvalue weighted by molar-refractivity contribution is 0.326. The first-order chi connectivity index (χ1) is 15.2. The van der Waals surface area contributed by atoms with Gasteiger partial charge in [-0.25, -0.2) is 0 Å². The van der Waals surface area contributed by atoms with Gasteiger partial charge in [0.05, 0.1) is 11.2 Å². The molecule has 156 valence electrons. The number of rotatable bonds is 3. The summed E-state index contributed by atoms with van der Waals surface area (Å²) in [6, 6.07) is 14.7. The number of para-hydroxylation sites is 2. The van der Waals surface area contributed by atoms with E-state index in [1.165, 1.54) is 0 Å². The third kappa shape index (κ3) is 3.06. The smallest absolute Gasteiger partial charge is 0.298 e. The zero-order valence-electron chi connectivity index (χ0n) is 17.4. The highest BCUT2D eigenvalue weighted by Gasteiger charge is 2.27. The molecule has 31 heavy (non-hydrogen) atoms. The van der Waals surface area contributed by atoms with E-state index in [0.29, 0.717) is 17.7 Å². The van der Waals surface area contributed by atoms with Gasteiger partial charge in [0, 0.05) is 37.0 Å². The summed E-state index contributed by atoms with van der Waals surface area (Å²) in [7, 11) is 1.95. The molecule has 3 aromatic heterocycles. The molecule has 0 N–H and O–H groups in total. The summed E-state index contributed by atoms with van der Waals surface area (Å²) < 4.78 is 13.5. The lowest BCUT2D eigenvalue weighted by atomic mass is 9.97. The fourth-order valence-corrected chi connectivity index (χ4v) is 4.41. The molecule has 8 heteroatoms. The molecule has 0 spiro atoms. The van der Waals surface area contributed by atoms with Gasteiger partial charge in [-0.05, 0) is 38.0 Å². The lowest BCUT2D eigenvalue weighted by Gasteiger charge is -2.28. The van der Waals surface area contributed by atoms with Gasteiger partial charge >= 0.3 is 0 Å². The molecule has 0 bridgehead atoms. The zero-order valence-corrected chi connectivity index (χ0v) is 17.4. The normalized spacial score (nSPS) is 15.4. The van der Waals surface area contributed by atoms with E-state index in [4.69, 9.17) is 13.9 Å². The minimum absolute atomic E-state index is 0.240. The molecule has 1 saturated heterocycles. The molecule has 0 radical (unpaired) electrons. The number of benzene rings is 2. The molecule has 1 aliphatic rings. The molecule has 1 aliphatic heterocycles. The average Bonchev–Trinajstić information content (AvgIpc) is 3.52. The van der Waals surface area contributed by atoms with E-state index >= 15 is 0 Å². The second-order valence-corrected chi connectivity index (χ2v) is 8.12. The number of piperidine rings is 1. The summed E-state index contributed by atoms with van der Waals surface area (Å²) >= 11 is 0. The van der Waals surface area contributed by atoms with Crippen molar-refractivity contribution in [3.8, 4) is 11.4 Å². The summed E-state index contributed by atoms with van der Waals surface area (Å²) in [5, 5.41) is 9.88. The van der Waals surface area contributed by atoms with Gasteiger partial charge in [-0.15, -0.1) is 0 Å². The summed E-state index contributed by atoms with van der Waals surface area (Å²) in [5.41, 5.74) is 4.73. The fourth-order valence-electron chi connectivity index (χ4n) is 4.41. The Morgan fingerprint density at radius 1 is 1.03 bits per heavy atom. The maximum Gasteiger partial charge on any atom is 0.298 e. The molecule has 0 amide bonds. The van der Waals surface area contributed by atoms with E-state index in [9.17, 15) is 0 Å². The van der Waals surface area contributed by atoms with Crippen LogP contribution >= 0.6 is 0 Å². The molecular formula is C23H22N6O2. The Kier molecular flexibility index (Phi) is 4.05. The Bertz CT molecular complexity index is 1360. The summed E-state index contributed by atoms with van der Waals surface area (Å²) in [5.74, 6) is 1.56. The third-order valence-electron chi connectivity index (χ3n) is 6.13. The topological polar surface area (TPSA) is 86.0 Å². The number of nitrogens with zero attached hydrogens (tertiary/aromatic N) is 6. The summed E-state index contributed by atoms with van der Waals surface area (Å²) in [6.07, 6.45) is 1.83. The SMILES string of the molecule is Cc1nn(C)c2cc(-c3noc(C4CCN(c5nc6ccccc6o5)CC4)n3)ccc12. The molecule has 1 fully saturated rings. The molecule has 8 nitrogen and oxygen atoms in total. The minimum Gasteiger partial charge on any atom is -0.423 e. The largest absolute Gasteiger partial charge is 0.423 e.